The first-order valence-electron chi connectivity index (χ1n) is 12.0. The molecule has 0 bridgehead atoms. The Hall–Kier alpha value is -2.31. The van der Waals surface area contributed by atoms with Crippen LogP contribution in [0.15, 0.2) is 30.6 Å². The fourth-order valence-electron chi connectivity index (χ4n) is 5.17. The molecule has 0 radical (unpaired) electrons. The Morgan fingerprint density at radius 1 is 1.12 bits per heavy atom. The van der Waals surface area contributed by atoms with E-state index in [1.807, 2.05) is 18.9 Å². The van der Waals surface area contributed by atoms with E-state index >= 15 is 0 Å². The number of carbonyl (C=O) groups excluding carboxylic acids is 1. The van der Waals surface area contributed by atoms with Crippen molar-refractivity contribution in [2.75, 3.05) is 20.2 Å². The number of nitrogens with zero attached hydrogens (tertiary/aromatic N) is 3. The summed E-state index contributed by atoms with van der Waals surface area (Å²) in [5.41, 5.74) is 4.79. The maximum absolute atomic E-state index is 13.3. The highest BCUT2D eigenvalue weighted by molar-refractivity contribution is 5.93. The highest BCUT2D eigenvalue weighted by Crippen LogP contribution is 2.24. The van der Waals surface area contributed by atoms with E-state index in [4.69, 9.17) is 4.74 Å². The van der Waals surface area contributed by atoms with Gasteiger partial charge < -0.3 is 15.0 Å². The van der Waals surface area contributed by atoms with Crippen molar-refractivity contribution in [2.24, 2.45) is 0 Å². The number of benzene rings is 1. The minimum Gasteiger partial charge on any atom is -0.380 e. The van der Waals surface area contributed by atoms with Crippen molar-refractivity contribution in [3.05, 3.63) is 58.7 Å². The number of piperidine rings is 1. The van der Waals surface area contributed by atoms with E-state index in [1.165, 1.54) is 36.7 Å². The molecule has 1 aromatic heterocycles. The van der Waals surface area contributed by atoms with Crippen LogP contribution < -0.4 is 5.32 Å². The summed E-state index contributed by atoms with van der Waals surface area (Å²) in [6.45, 7) is 5.59. The Morgan fingerprint density at radius 3 is 2.66 bits per heavy atom. The summed E-state index contributed by atoms with van der Waals surface area (Å²) >= 11 is 0. The van der Waals surface area contributed by atoms with E-state index in [9.17, 15) is 4.79 Å². The normalized spacial score (nSPS) is 22.2. The molecule has 2 heterocycles. The minimum absolute atomic E-state index is 0.0290. The van der Waals surface area contributed by atoms with Gasteiger partial charge in [-0.3, -0.25) is 4.79 Å². The zero-order valence-corrected chi connectivity index (χ0v) is 19.6. The maximum Gasteiger partial charge on any atom is 0.272 e. The van der Waals surface area contributed by atoms with Gasteiger partial charge in [-0.25, -0.2) is 9.97 Å². The van der Waals surface area contributed by atoms with Gasteiger partial charge in [0.15, 0.2) is 0 Å². The van der Waals surface area contributed by atoms with Crippen LogP contribution in [0, 0.1) is 13.8 Å². The molecule has 0 spiro atoms. The standard InChI is InChI=1S/C26H36N4O2/c1-18-7-6-8-20(15-18)16-23-19(2)25(28-17-27-23)26(31)30-13-11-21(12-14-30)29-22-9-4-5-10-24(22)32-3/h6-8,15,17,21-22,24,29H,4-5,9-14,16H2,1-3H3. The third-order valence-corrected chi connectivity index (χ3v) is 7.08. The van der Waals surface area contributed by atoms with Gasteiger partial charge in [0.25, 0.3) is 5.91 Å². The third kappa shape index (κ3) is 5.36. The number of aromatic nitrogens is 2. The lowest BCUT2D eigenvalue weighted by atomic mass is 9.90. The zero-order chi connectivity index (χ0) is 22.5. The number of hydrogen-bond acceptors (Lipinski definition) is 5. The molecule has 1 N–H and O–H groups in total. The molecule has 2 aromatic rings. The molecule has 32 heavy (non-hydrogen) atoms. The van der Waals surface area contributed by atoms with Gasteiger partial charge in [0.2, 0.25) is 0 Å². The minimum atomic E-state index is 0.0290. The fraction of sp³-hybridized carbons (Fsp3) is 0.577. The first kappa shape index (κ1) is 22.9. The topological polar surface area (TPSA) is 67.3 Å². The molecule has 1 aliphatic carbocycles. The molecule has 1 aliphatic heterocycles. The second-order valence-electron chi connectivity index (χ2n) is 9.36. The van der Waals surface area contributed by atoms with Gasteiger partial charge in [-0.2, -0.15) is 0 Å². The van der Waals surface area contributed by atoms with E-state index in [0.717, 1.165) is 43.6 Å². The lowest BCUT2D eigenvalue weighted by Gasteiger charge is -2.38. The molecule has 6 nitrogen and oxygen atoms in total. The van der Waals surface area contributed by atoms with Gasteiger partial charge in [-0.15, -0.1) is 0 Å². The summed E-state index contributed by atoms with van der Waals surface area (Å²) in [4.78, 5) is 24.1. The maximum atomic E-state index is 13.3. The SMILES string of the molecule is COC1CCCCC1NC1CCN(C(=O)c2ncnc(Cc3cccc(C)c3)c2C)CC1. The number of likely N-dealkylation sites (tertiary alicyclic amines) is 1. The summed E-state index contributed by atoms with van der Waals surface area (Å²) < 4.78 is 5.69. The fourth-order valence-corrected chi connectivity index (χ4v) is 5.17. The van der Waals surface area contributed by atoms with Crippen molar-refractivity contribution in [1.29, 1.82) is 0 Å². The van der Waals surface area contributed by atoms with Crippen LogP contribution in [0.2, 0.25) is 0 Å². The smallest absolute Gasteiger partial charge is 0.272 e. The van der Waals surface area contributed by atoms with Crippen molar-refractivity contribution < 1.29 is 9.53 Å². The number of ether oxygens (including phenoxy) is 1. The molecule has 2 unspecified atom stereocenters. The van der Waals surface area contributed by atoms with Crippen LogP contribution in [0.5, 0.6) is 0 Å². The number of rotatable bonds is 6. The van der Waals surface area contributed by atoms with E-state index in [2.05, 4.69) is 46.5 Å². The predicted molar refractivity (Wildman–Crippen MR) is 126 cm³/mol. The van der Waals surface area contributed by atoms with Gasteiger partial charge in [-0.1, -0.05) is 42.7 Å². The Balaban J connectivity index is 1.37. The quantitative estimate of drug-likeness (QED) is 0.745. The van der Waals surface area contributed by atoms with Crippen LogP contribution in [0.3, 0.4) is 0 Å². The molecule has 1 amide bonds. The molecule has 1 aromatic carbocycles. The summed E-state index contributed by atoms with van der Waals surface area (Å²) in [6.07, 6.45) is 9.36. The molecule has 6 heteroatoms. The number of hydrogen-bond donors (Lipinski definition) is 1. The molecule has 1 saturated heterocycles. The lowest BCUT2D eigenvalue weighted by Crippen LogP contribution is -2.52. The molecule has 4 rings (SSSR count). The first-order valence-corrected chi connectivity index (χ1v) is 12.0. The van der Waals surface area contributed by atoms with Crippen LogP contribution in [0.25, 0.3) is 0 Å². The average molecular weight is 437 g/mol. The molecular formula is C26H36N4O2. The van der Waals surface area contributed by atoms with Crippen molar-refractivity contribution in [2.45, 2.75) is 77.0 Å². The molecule has 2 fully saturated rings. The van der Waals surface area contributed by atoms with E-state index in [-0.39, 0.29) is 5.91 Å². The van der Waals surface area contributed by atoms with Crippen LogP contribution in [-0.4, -0.2) is 59.2 Å². The zero-order valence-electron chi connectivity index (χ0n) is 19.6. The van der Waals surface area contributed by atoms with Crippen LogP contribution in [0.4, 0.5) is 0 Å². The third-order valence-electron chi connectivity index (χ3n) is 7.08. The van der Waals surface area contributed by atoms with Crippen LogP contribution in [-0.2, 0) is 11.2 Å². The lowest BCUT2D eigenvalue weighted by molar-refractivity contribution is 0.0329. The summed E-state index contributed by atoms with van der Waals surface area (Å²) in [7, 11) is 1.82. The van der Waals surface area contributed by atoms with Crippen molar-refractivity contribution >= 4 is 5.91 Å². The highest BCUT2D eigenvalue weighted by atomic mass is 16.5. The Morgan fingerprint density at radius 2 is 1.91 bits per heavy atom. The molecule has 2 aliphatic rings. The number of aryl methyl sites for hydroxylation is 1. The number of methoxy groups -OCH3 is 1. The van der Waals surface area contributed by atoms with Gasteiger partial charge in [0, 0.05) is 44.3 Å². The molecule has 2 atom stereocenters. The van der Waals surface area contributed by atoms with E-state index < -0.39 is 0 Å². The van der Waals surface area contributed by atoms with Gasteiger partial charge in [-0.05, 0) is 45.1 Å². The Labute approximate surface area is 191 Å². The Bertz CT molecular complexity index is 924. The summed E-state index contributed by atoms with van der Waals surface area (Å²) in [5, 5.41) is 3.82. The average Bonchev–Trinajstić information content (AvgIpc) is 2.81. The number of amides is 1. The first-order chi connectivity index (χ1) is 15.5. The van der Waals surface area contributed by atoms with Crippen molar-refractivity contribution in [1.82, 2.24) is 20.2 Å². The van der Waals surface area contributed by atoms with E-state index in [1.54, 1.807) is 0 Å². The molecule has 172 valence electrons. The van der Waals surface area contributed by atoms with Crippen LogP contribution >= 0.6 is 0 Å². The van der Waals surface area contributed by atoms with Gasteiger partial charge >= 0.3 is 0 Å². The second kappa shape index (κ2) is 10.5. The van der Waals surface area contributed by atoms with Crippen molar-refractivity contribution in [3.63, 3.8) is 0 Å². The largest absolute Gasteiger partial charge is 0.380 e. The molecule has 1 saturated carbocycles. The number of carbonyl (C=O) groups is 1. The molecular weight excluding hydrogens is 400 g/mol. The van der Waals surface area contributed by atoms with E-state index in [0.29, 0.717) is 30.3 Å². The van der Waals surface area contributed by atoms with Gasteiger partial charge in [0.1, 0.15) is 12.0 Å². The summed E-state index contributed by atoms with van der Waals surface area (Å²) in [6, 6.07) is 9.31. The monoisotopic (exact) mass is 436 g/mol. The highest BCUT2D eigenvalue weighted by Gasteiger charge is 2.30. The van der Waals surface area contributed by atoms with Gasteiger partial charge in [0.05, 0.1) is 11.8 Å². The van der Waals surface area contributed by atoms with Crippen LogP contribution in [0.1, 0.15) is 71.4 Å². The van der Waals surface area contributed by atoms with Crippen molar-refractivity contribution in [3.8, 4) is 0 Å². The Kier molecular flexibility index (Phi) is 7.53. The number of nitrogens with one attached hydrogen (secondary N) is 1. The summed E-state index contributed by atoms with van der Waals surface area (Å²) in [5.74, 6) is 0.0290. The predicted octanol–water partition coefficient (Wildman–Crippen LogP) is 3.84. The second-order valence-corrected chi connectivity index (χ2v) is 9.36.